The molecule has 0 aromatic rings. The zero-order valence-corrected chi connectivity index (χ0v) is 22.9. The summed E-state index contributed by atoms with van der Waals surface area (Å²) in [6.07, 6.45) is 39.9. The molecule has 1 atom stereocenters. The largest absolute Gasteiger partial charge is 0.306 e. The van der Waals surface area contributed by atoms with Gasteiger partial charge in [-0.05, 0) is 59.0 Å². The number of hydrogen-bond donors (Lipinski definition) is 0. The molecule has 0 N–H and O–H groups in total. The first-order chi connectivity index (χ1) is 15.7. The molecular formula is C31H61N. The minimum Gasteiger partial charge on any atom is -0.306 e. The number of rotatable bonds is 25. The zero-order valence-electron chi connectivity index (χ0n) is 22.9. The topological polar surface area (TPSA) is 3.24 Å². The molecule has 0 bridgehead atoms. The monoisotopic (exact) mass is 447 g/mol. The van der Waals surface area contributed by atoms with Crippen molar-refractivity contribution >= 4 is 0 Å². The van der Waals surface area contributed by atoms with Crippen LogP contribution in [0.2, 0.25) is 0 Å². The normalized spacial score (nSPS) is 13.2. The minimum atomic E-state index is 0.809. The molecule has 0 saturated heterocycles. The van der Waals surface area contributed by atoms with Crippen LogP contribution in [0.1, 0.15) is 155 Å². The number of hydrogen-bond acceptors (Lipinski definition) is 1. The van der Waals surface area contributed by atoms with Crippen molar-refractivity contribution < 1.29 is 0 Å². The van der Waals surface area contributed by atoms with E-state index in [0.29, 0.717) is 0 Å². The van der Waals surface area contributed by atoms with Crippen LogP contribution in [0, 0.1) is 0 Å². The Bertz CT molecular complexity index is 395. The average Bonchev–Trinajstić information content (AvgIpc) is 2.78. The highest BCUT2D eigenvalue weighted by Crippen LogP contribution is 2.17. The SMILES string of the molecule is CCCCC/C=C\C/C=C\CCCCCCCCCC(CCCCCCCCC)N(C)C. The second kappa shape index (κ2) is 26.7. The molecule has 1 heteroatoms. The van der Waals surface area contributed by atoms with Gasteiger partial charge in [0.25, 0.3) is 0 Å². The van der Waals surface area contributed by atoms with Crippen LogP contribution in [-0.2, 0) is 0 Å². The summed E-state index contributed by atoms with van der Waals surface area (Å²) in [5, 5.41) is 0. The molecular weight excluding hydrogens is 386 g/mol. The van der Waals surface area contributed by atoms with Crippen LogP contribution in [0.15, 0.2) is 24.3 Å². The molecule has 0 aliphatic heterocycles. The minimum absolute atomic E-state index is 0.809. The van der Waals surface area contributed by atoms with Crippen molar-refractivity contribution in [2.24, 2.45) is 0 Å². The van der Waals surface area contributed by atoms with Crippen molar-refractivity contribution in [2.75, 3.05) is 14.1 Å². The van der Waals surface area contributed by atoms with Crippen molar-refractivity contribution in [1.29, 1.82) is 0 Å². The van der Waals surface area contributed by atoms with Gasteiger partial charge >= 0.3 is 0 Å². The van der Waals surface area contributed by atoms with Crippen LogP contribution in [-0.4, -0.2) is 25.0 Å². The molecule has 0 aromatic carbocycles. The summed E-state index contributed by atoms with van der Waals surface area (Å²) in [7, 11) is 4.56. The molecule has 0 saturated carbocycles. The third kappa shape index (κ3) is 24.1. The maximum Gasteiger partial charge on any atom is 0.00891 e. The lowest BCUT2D eigenvalue weighted by molar-refractivity contribution is 0.251. The number of unbranched alkanes of at least 4 members (excludes halogenated alkanes) is 16. The van der Waals surface area contributed by atoms with Gasteiger partial charge in [0.2, 0.25) is 0 Å². The van der Waals surface area contributed by atoms with E-state index in [1.54, 1.807) is 0 Å². The van der Waals surface area contributed by atoms with E-state index in [4.69, 9.17) is 0 Å². The average molecular weight is 448 g/mol. The number of nitrogens with zero attached hydrogens (tertiary/aromatic N) is 1. The van der Waals surface area contributed by atoms with Gasteiger partial charge in [-0.15, -0.1) is 0 Å². The third-order valence-electron chi connectivity index (χ3n) is 6.86. The molecule has 190 valence electrons. The molecule has 0 rings (SSSR count). The fourth-order valence-electron chi connectivity index (χ4n) is 4.54. The van der Waals surface area contributed by atoms with E-state index in [9.17, 15) is 0 Å². The Morgan fingerprint density at radius 1 is 0.469 bits per heavy atom. The summed E-state index contributed by atoms with van der Waals surface area (Å²) in [6, 6.07) is 0.809. The predicted molar refractivity (Wildman–Crippen MR) is 149 cm³/mol. The zero-order chi connectivity index (χ0) is 23.5. The van der Waals surface area contributed by atoms with Gasteiger partial charge in [0.15, 0.2) is 0 Å². The maximum absolute atomic E-state index is 2.48. The van der Waals surface area contributed by atoms with Crippen LogP contribution in [0.4, 0.5) is 0 Å². The van der Waals surface area contributed by atoms with E-state index in [1.165, 1.54) is 135 Å². The van der Waals surface area contributed by atoms with Gasteiger partial charge in [0, 0.05) is 6.04 Å². The third-order valence-corrected chi connectivity index (χ3v) is 6.86. The van der Waals surface area contributed by atoms with E-state index in [2.05, 4.69) is 57.1 Å². The lowest BCUT2D eigenvalue weighted by Gasteiger charge is -2.24. The smallest absolute Gasteiger partial charge is 0.00891 e. The Hall–Kier alpha value is -0.560. The first-order valence-electron chi connectivity index (χ1n) is 14.7. The molecule has 0 amide bonds. The van der Waals surface area contributed by atoms with Crippen molar-refractivity contribution in [2.45, 2.75) is 161 Å². The number of allylic oxidation sites excluding steroid dienone is 4. The van der Waals surface area contributed by atoms with Crippen LogP contribution in [0.5, 0.6) is 0 Å². The molecule has 0 heterocycles. The van der Waals surface area contributed by atoms with Crippen molar-refractivity contribution in [3.8, 4) is 0 Å². The summed E-state index contributed by atoms with van der Waals surface area (Å²) in [5.74, 6) is 0. The van der Waals surface area contributed by atoms with E-state index in [0.717, 1.165) is 12.5 Å². The first-order valence-corrected chi connectivity index (χ1v) is 14.7. The molecule has 0 aromatic heterocycles. The molecule has 1 unspecified atom stereocenters. The summed E-state index contributed by atoms with van der Waals surface area (Å²) in [4.78, 5) is 2.48. The van der Waals surface area contributed by atoms with E-state index in [-0.39, 0.29) is 0 Å². The quantitative estimate of drug-likeness (QED) is 0.0993. The van der Waals surface area contributed by atoms with Crippen LogP contribution >= 0.6 is 0 Å². The highest BCUT2D eigenvalue weighted by molar-refractivity contribution is 4.92. The van der Waals surface area contributed by atoms with Crippen LogP contribution in [0.25, 0.3) is 0 Å². The summed E-state index contributed by atoms with van der Waals surface area (Å²) >= 11 is 0. The molecule has 0 fully saturated rings. The van der Waals surface area contributed by atoms with Crippen LogP contribution < -0.4 is 0 Å². The first kappa shape index (κ1) is 31.4. The van der Waals surface area contributed by atoms with Crippen molar-refractivity contribution in [1.82, 2.24) is 4.90 Å². The molecule has 0 aliphatic rings. The van der Waals surface area contributed by atoms with E-state index in [1.807, 2.05) is 0 Å². The second-order valence-corrected chi connectivity index (χ2v) is 10.3. The Balaban J connectivity index is 3.46. The lowest BCUT2D eigenvalue weighted by atomic mass is 9.99. The van der Waals surface area contributed by atoms with E-state index < -0.39 is 0 Å². The van der Waals surface area contributed by atoms with Gasteiger partial charge in [0.05, 0.1) is 0 Å². The van der Waals surface area contributed by atoms with Gasteiger partial charge in [0.1, 0.15) is 0 Å². The molecule has 0 spiro atoms. The van der Waals surface area contributed by atoms with Gasteiger partial charge in [-0.3, -0.25) is 0 Å². The summed E-state index contributed by atoms with van der Waals surface area (Å²) < 4.78 is 0. The van der Waals surface area contributed by atoms with Gasteiger partial charge in [-0.2, -0.15) is 0 Å². The fourth-order valence-corrected chi connectivity index (χ4v) is 4.54. The fraction of sp³-hybridized carbons (Fsp3) is 0.871. The van der Waals surface area contributed by atoms with Crippen molar-refractivity contribution in [3.05, 3.63) is 24.3 Å². The maximum atomic E-state index is 2.48. The van der Waals surface area contributed by atoms with Gasteiger partial charge < -0.3 is 4.90 Å². The molecule has 32 heavy (non-hydrogen) atoms. The van der Waals surface area contributed by atoms with E-state index >= 15 is 0 Å². The Morgan fingerprint density at radius 3 is 1.31 bits per heavy atom. The Morgan fingerprint density at radius 2 is 0.844 bits per heavy atom. The predicted octanol–water partition coefficient (Wildman–Crippen LogP) is 10.7. The standard InChI is InChI=1S/C31H61N/c1-5-7-9-11-13-14-15-16-17-18-19-20-21-22-24-26-28-30-31(32(3)4)29-27-25-23-12-10-8-6-2/h13-14,16-17,31H,5-12,15,18-30H2,1-4H3/b14-13-,17-16-. The highest BCUT2D eigenvalue weighted by Gasteiger charge is 2.10. The highest BCUT2D eigenvalue weighted by atomic mass is 15.1. The Kier molecular flexibility index (Phi) is 26.2. The lowest BCUT2D eigenvalue weighted by Crippen LogP contribution is -2.27. The Labute approximate surface area is 204 Å². The molecule has 0 radical (unpaired) electrons. The van der Waals surface area contributed by atoms with Gasteiger partial charge in [-0.25, -0.2) is 0 Å². The summed E-state index contributed by atoms with van der Waals surface area (Å²) in [5.41, 5.74) is 0. The summed E-state index contributed by atoms with van der Waals surface area (Å²) in [6.45, 7) is 4.57. The van der Waals surface area contributed by atoms with Crippen molar-refractivity contribution in [3.63, 3.8) is 0 Å². The molecule has 1 nitrogen and oxygen atoms in total. The van der Waals surface area contributed by atoms with Gasteiger partial charge in [-0.1, -0.05) is 134 Å². The van der Waals surface area contributed by atoms with Crippen LogP contribution in [0.3, 0.4) is 0 Å². The second-order valence-electron chi connectivity index (χ2n) is 10.3. The molecule has 0 aliphatic carbocycles.